The molecule has 0 saturated carbocycles. The Morgan fingerprint density at radius 2 is 2.11 bits per heavy atom. The van der Waals surface area contributed by atoms with Crippen LogP contribution in [0.5, 0.6) is 0 Å². The number of benzene rings is 1. The van der Waals surface area contributed by atoms with Crippen LogP contribution in [-0.2, 0) is 13.0 Å². The minimum absolute atomic E-state index is 0.565. The Morgan fingerprint density at radius 3 is 2.84 bits per heavy atom. The lowest BCUT2D eigenvalue weighted by molar-refractivity contribution is 0.301. The van der Waals surface area contributed by atoms with Crippen LogP contribution < -0.4 is 10.2 Å². The first kappa shape index (κ1) is 13.0. The van der Waals surface area contributed by atoms with Crippen LogP contribution in [0.2, 0.25) is 0 Å². The average molecular weight is 258 g/mol. The average Bonchev–Trinajstić information content (AvgIpc) is 2.92. The third-order valence-electron chi connectivity index (χ3n) is 5.39. The van der Waals surface area contributed by atoms with Crippen LogP contribution in [0.1, 0.15) is 44.2 Å². The SMILES string of the molecule is CCC1(CC)CCN(c2cccc3c2CCNC3)C1. The van der Waals surface area contributed by atoms with Crippen molar-refractivity contribution in [2.75, 3.05) is 24.5 Å². The molecule has 2 nitrogen and oxygen atoms in total. The summed E-state index contributed by atoms with van der Waals surface area (Å²) in [6.45, 7) is 9.39. The maximum atomic E-state index is 3.48. The van der Waals surface area contributed by atoms with Crippen LogP contribution in [0.15, 0.2) is 18.2 Å². The van der Waals surface area contributed by atoms with Crippen molar-refractivity contribution in [2.24, 2.45) is 5.41 Å². The van der Waals surface area contributed by atoms with Crippen molar-refractivity contribution in [1.29, 1.82) is 0 Å². The summed E-state index contributed by atoms with van der Waals surface area (Å²) >= 11 is 0. The summed E-state index contributed by atoms with van der Waals surface area (Å²) in [6.07, 6.45) is 5.18. The van der Waals surface area contributed by atoms with Crippen molar-refractivity contribution in [1.82, 2.24) is 5.32 Å². The quantitative estimate of drug-likeness (QED) is 0.894. The number of fused-ring (bicyclic) bond motifs is 1. The molecule has 1 fully saturated rings. The van der Waals surface area contributed by atoms with Crippen LogP contribution in [0.4, 0.5) is 5.69 Å². The molecule has 19 heavy (non-hydrogen) atoms. The standard InChI is InChI=1S/C17H26N2/c1-3-17(4-2)9-11-19(13-17)16-7-5-6-14-12-18-10-8-15(14)16/h5-7,18H,3-4,8-13H2,1-2H3. The second-order valence-electron chi connectivity index (χ2n) is 6.22. The Labute approximate surface area is 117 Å². The maximum absolute atomic E-state index is 3.48. The van der Waals surface area contributed by atoms with Gasteiger partial charge >= 0.3 is 0 Å². The van der Waals surface area contributed by atoms with Gasteiger partial charge in [0, 0.05) is 25.3 Å². The molecule has 104 valence electrons. The second kappa shape index (κ2) is 5.16. The van der Waals surface area contributed by atoms with Crippen LogP contribution >= 0.6 is 0 Å². The van der Waals surface area contributed by atoms with Crippen molar-refractivity contribution >= 4 is 5.69 Å². The van der Waals surface area contributed by atoms with E-state index in [0.29, 0.717) is 5.41 Å². The van der Waals surface area contributed by atoms with Crippen LogP contribution in [0.25, 0.3) is 0 Å². The van der Waals surface area contributed by atoms with E-state index in [2.05, 4.69) is 42.3 Å². The molecule has 0 aliphatic carbocycles. The van der Waals surface area contributed by atoms with Gasteiger partial charge in [-0.05, 0) is 54.8 Å². The molecule has 0 spiro atoms. The van der Waals surface area contributed by atoms with Crippen molar-refractivity contribution in [2.45, 2.75) is 46.1 Å². The number of anilines is 1. The summed E-state index contributed by atoms with van der Waals surface area (Å²) in [6, 6.07) is 6.86. The van der Waals surface area contributed by atoms with Crippen LogP contribution in [0.3, 0.4) is 0 Å². The summed E-state index contributed by atoms with van der Waals surface area (Å²) in [4.78, 5) is 2.65. The topological polar surface area (TPSA) is 15.3 Å². The van der Waals surface area contributed by atoms with Crippen molar-refractivity contribution < 1.29 is 0 Å². The van der Waals surface area contributed by atoms with Crippen molar-refractivity contribution in [3.05, 3.63) is 29.3 Å². The molecule has 0 aromatic heterocycles. The lowest BCUT2D eigenvalue weighted by Crippen LogP contribution is -2.29. The Balaban J connectivity index is 1.88. The maximum Gasteiger partial charge on any atom is 0.0402 e. The van der Waals surface area contributed by atoms with E-state index in [1.807, 2.05) is 0 Å². The Kier molecular flexibility index (Phi) is 3.53. The summed E-state index contributed by atoms with van der Waals surface area (Å²) in [7, 11) is 0. The first-order valence-corrected chi connectivity index (χ1v) is 7.84. The highest BCUT2D eigenvalue weighted by Gasteiger charge is 2.35. The zero-order valence-corrected chi connectivity index (χ0v) is 12.3. The molecule has 1 N–H and O–H groups in total. The number of hydrogen-bond donors (Lipinski definition) is 1. The third kappa shape index (κ3) is 2.27. The fourth-order valence-electron chi connectivity index (χ4n) is 3.78. The normalized spacial score (nSPS) is 21.5. The molecule has 0 unspecified atom stereocenters. The first-order chi connectivity index (χ1) is 9.28. The summed E-state index contributed by atoms with van der Waals surface area (Å²) < 4.78 is 0. The van der Waals surface area contributed by atoms with Crippen LogP contribution in [0, 0.1) is 5.41 Å². The minimum atomic E-state index is 0.565. The van der Waals surface area contributed by atoms with Crippen LogP contribution in [-0.4, -0.2) is 19.6 Å². The van der Waals surface area contributed by atoms with E-state index < -0.39 is 0 Å². The molecule has 0 atom stereocenters. The molecule has 2 heterocycles. The third-order valence-corrected chi connectivity index (χ3v) is 5.39. The molecule has 1 saturated heterocycles. The van der Waals surface area contributed by atoms with Gasteiger partial charge in [-0.3, -0.25) is 0 Å². The van der Waals surface area contributed by atoms with E-state index in [-0.39, 0.29) is 0 Å². The number of hydrogen-bond acceptors (Lipinski definition) is 2. The van der Waals surface area contributed by atoms with Crippen molar-refractivity contribution in [3.63, 3.8) is 0 Å². The molecular formula is C17H26N2. The molecule has 0 bridgehead atoms. The van der Waals surface area contributed by atoms with Gasteiger partial charge in [-0.2, -0.15) is 0 Å². The minimum Gasteiger partial charge on any atom is -0.371 e. The van der Waals surface area contributed by atoms with Gasteiger partial charge in [0.1, 0.15) is 0 Å². The molecular weight excluding hydrogens is 232 g/mol. The van der Waals surface area contributed by atoms with E-state index in [1.54, 1.807) is 5.56 Å². The fourth-order valence-corrected chi connectivity index (χ4v) is 3.78. The van der Waals surface area contributed by atoms with Crippen molar-refractivity contribution in [3.8, 4) is 0 Å². The first-order valence-electron chi connectivity index (χ1n) is 7.84. The molecule has 2 aliphatic heterocycles. The predicted octanol–water partition coefficient (Wildman–Crippen LogP) is 3.35. The van der Waals surface area contributed by atoms with E-state index >= 15 is 0 Å². The van der Waals surface area contributed by atoms with E-state index in [1.165, 1.54) is 50.0 Å². The summed E-state index contributed by atoms with van der Waals surface area (Å²) in [5, 5.41) is 3.48. The fraction of sp³-hybridized carbons (Fsp3) is 0.647. The molecule has 2 heteroatoms. The lowest BCUT2D eigenvalue weighted by atomic mass is 9.82. The Hall–Kier alpha value is -1.02. The summed E-state index contributed by atoms with van der Waals surface area (Å²) in [5.74, 6) is 0. The summed E-state index contributed by atoms with van der Waals surface area (Å²) in [5.41, 5.74) is 5.19. The molecule has 0 radical (unpaired) electrons. The number of rotatable bonds is 3. The van der Waals surface area contributed by atoms with E-state index in [9.17, 15) is 0 Å². The monoisotopic (exact) mass is 258 g/mol. The van der Waals surface area contributed by atoms with Gasteiger partial charge in [-0.25, -0.2) is 0 Å². The Bertz CT molecular complexity index is 449. The molecule has 3 rings (SSSR count). The molecule has 2 aliphatic rings. The van der Waals surface area contributed by atoms with E-state index in [4.69, 9.17) is 0 Å². The Morgan fingerprint density at radius 1 is 1.26 bits per heavy atom. The van der Waals surface area contributed by atoms with Gasteiger partial charge < -0.3 is 10.2 Å². The molecule has 1 aromatic rings. The van der Waals surface area contributed by atoms with Gasteiger partial charge in [0.15, 0.2) is 0 Å². The highest BCUT2D eigenvalue weighted by atomic mass is 15.2. The number of nitrogens with one attached hydrogen (secondary N) is 1. The van der Waals surface area contributed by atoms with Gasteiger partial charge in [-0.15, -0.1) is 0 Å². The highest BCUT2D eigenvalue weighted by Crippen LogP contribution is 2.40. The zero-order chi connectivity index (χ0) is 13.3. The highest BCUT2D eigenvalue weighted by molar-refractivity contribution is 5.58. The smallest absolute Gasteiger partial charge is 0.0402 e. The van der Waals surface area contributed by atoms with Gasteiger partial charge in [-0.1, -0.05) is 26.0 Å². The molecule has 1 aromatic carbocycles. The van der Waals surface area contributed by atoms with Gasteiger partial charge in [0.05, 0.1) is 0 Å². The number of nitrogens with zero attached hydrogens (tertiary/aromatic N) is 1. The van der Waals surface area contributed by atoms with E-state index in [0.717, 1.165) is 13.1 Å². The molecule has 0 amide bonds. The zero-order valence-electron chi connectivity index (χ0n) is 12.3. The van der Waals surface area contributed by atoms with Gasteiger partial charge in [0.25, 0.3) is 0 Å². The largest absolute Gasteiger partial charge is 0.371 e. The predicted molar refractivity (Wildman–Crippen MR) is 81.7 cm³/mol. The lowest BCUT2D eigenvalue weighted by Gasteiger charge is -2.30. The second-order valence-corrected chi connectivity index (χ2v) is 6.22. The van der Waals surface area contributed by atoms with Gasteiger partial charge in [0.2, 0.25) is 0 Å².